The Morgan fingerprint density at radius 2 is 2.00 bits per heavy atom. The number of nitro groups is 1. The van der Waals surface area contributed by atoms with Gasteiger partial charge in [-0.2, -0.15) is 0 Å². The van der Waals surface area contributed by atoms with Crippen molar-refractivity contribution < 1.29 is 14.4 Å². The Hall–Kier alpha value is -1.50. The first kappa shape index (κ1) is 15.6. The number of hydrogen-bond donors (Lipinski definition) is 1. The lowest BCUT2D eigenvalue weighted by Gasteiger charge is -2.06. The Balaban J connectivity index is 2.17. The summed E-state index contributed by atoms with van der Waals surface area (Å²) in [4.78, 5) is 10.5. The van der Waals surface area contributed by atoms with Gasteiger partial charge in [-0.1, -0.05) is 18.2 Å². The number of rotatable bonds is 10. The van der Waals surface area contributed by atoms with Gasteiger partial charge in [-0.3, -0.25) is 10.1 Å². The molecular weight excluding hydrogens is 248 g/mol. The summed E-state index contributed by atoms with van der Waals surface area (Å²) in [5.41, 5.74) is 0.931. The van der Waals surface area contributed by atoms with Gasteiger partial charge < -0.3 is 14.8 Å². The first-order chi connectivity index (χ1) is 9.25. The van der Waals surface area contributed by atoms with Crippen LogP contribution in [0.3, 0.4) is 0 Å². The van der Waals surface area contributed by atoms with E-state index in [0.717, 1.165) is 12.1 Å². The fourth-order valence-electron chi connectivity index (χ4n) is 1.64. The molecule has 1 N–H and O–H groups in total. The van der Waals surface area contributed by atoms with E-state index in [-0.39, 0.29) is 10.6 Å². The molecule has 0 amide bonds. The minimum atomic E-state index is -0.344. The van der Waals surface area contributed by atoms with Crippen LogP contribution in [0, 0.1) is 10.1 Å². The first-order valence-corrected chi connectivity index (χ1v) is 6.25. The minimum Gasteiger partial charge on any atom is -0.382 e. The molecule has 0 aliphatic carbocycles. The largest absolute Gasteiger partial charge is 0.382 e. The lowest BCUT2D eigenvalue weighted by molar-refractivity contribution is -0.385. The smallest absolute Gasteiger partial charge is 0.272 e. The van der Waals surface area contributed by atoms with Crippen molar-refractivity contribution in [3.05, 3.63) is 39.9 Å². The molecule has 0 fully saturated rings. The Morgan fingerprint density at radius 1 is 1.21 bits per heavy atom. The highest BCUT2D eigenvalue weighted by atomic mass is 16.6. The fourth-order valence-corrected chi connectivity index (χ4v) is 1.64. The zero-order valence-electron chi connectivity index (χ0n) is 11.1. The van der Waals surface area contributed by atoms with E-state index in [4.69, 9.17) is 9.47 Å². The average Bonchev–Trinajstić information content (AvgIpc) is 2.42. The summed E-state index contributed by atoms with van der Waals surface area (Å²) in [6.07, 6.45) is 0.634. The van der Waals surface area contributed by atoms with E-state index in [0.29, 0.717) is 32.8 Å². The van der Waals surface area contributed by atoms with Gasteiger partial charge in [-0.15, -0.1) is 0 Å². The van der Waals surface area contributed by atoms with Crippen LogP contribution in [-0.2, 0) is 15.9 Å². The standard InChI is InChI=1S/C13H20N2O4/c1-18-10-11-19-9-8-14-7-6-12-4-2-3-5-13(12)15(16)17/h2-5,14H,6-11H2,1H3. The minimum absolute atomic E-state index is 0.181. The van der Waals surface area contributed by atoms with E-state index in [9.17, 15) is 10.1 Å². The van der Waals surface area contributed by atoms with Crippen LogP contribution >= 0.6 is 0 Å². The Labute approximate surface area is 112 Å². The maximum absolute atomic E-state index is 10.8. The van der Waals surface area contributed by atoms with Crippen LogP contribution in [-0.4, -0.2) is 44.9 Å². The molecule has 1 aromatic carbocycles. The van der Waals surface area contributed by atoms with Gasteiger partial charge in [0.15, 0.2) is 0 Å². The van der Waals surface area contributed by atoms with Crippen LogP contribution < -0.4 is 5.32 Å². The maximum atomic E-state index is 10.8. The number of benzene rings is 1. The second-order valence-corrected chi connectivity index (χ2v) is 3.99. The third-order valence-electron chi connectivity index (χ3n) is 2.61. The van der Waals surface area contributed by atoms with Gasteiger partial charge >= 0.3 is 0 Å². The topological polar surface area (TPSA) is 73.6 Å². The Bertz CT molecular complexity index is 385. The van der Waals surface area contributed by atoms with Gasteiger partial charge in [0.1, 0.15) is 0 Å². The SMILES string of the molecule is COCCOCCNCCc1ccccc1[N+](=O)[O-]. The third-order valence-corrected chi connectivity index (χ3v) is 2.61. The normalized spacial score (nSPS) is 10.6. The monoisotopic (exact) mass is 268 g/mol. The lowest BCUT2D eigenvalue weighted by Crippen LogP contribution is -2.23. The van der Waals surface area contributed by atoms with E-state index in [1.807, 2.05) is 6.07 Å². The van der Waals surface area contributed by atoms with Crippen molar-refractivity contribution >= 4 is 5.69 Å². The number of nitrogens with one attached hydrogen (secondary N) is 1. The summed E-state index contributed by atoms with van der Waals surface area (Å²) < 4.78 is 10.1. The van der Waals surface area contributed by atoms with Crippen LogP contribution in [0.2, 0.25) is 0 Å². The molecule has 0 bridgehead atoms. The van der Waals surface area contributed by atoms with E-state index in [2.05, 4.69) is 5.32 Å². The fraction of sp³-hybridized carbons (Fsp3) is 0.538. The van der Waals surface area contributed by atoms with E-state index in [1.54, 1.807) is 19.2 Å². The molecule has 0 atom stereocenters. The summed E-state index contributed by atoms with van der Waals surface area (Å²) in [6.45, 7) is 3.21. The molecule has 19 heavy (non-hydrogen) atoms. The molecule has 0 heterocycles. The molecule has 6 heteroatoms. The Kier molecular flexibility index (Phi) is 7.72. The molecule has 0 aliphatic heterocycles. The molecule has 1 aromatic rings. The highest BCUT2D eigenvalue weighted by Gasteiger charge is 2.10. The molecule has 1 rings (SSSR count). The van der Waals surface area contributed by atoms with Crippen molar-refractivity contribution in [2.45, 2.75) is 6.42 Å². The predicted octanol–water partition coefficient (Wildman–Crippen LogP) is 1.39. The van der Waals surface area contributed by atoms with Crippen molar-refractivity contribution in [3.8, 4) is 0 Å². The van der Waals surface area contributed by atoms with Crippen molar-refractivity contribution in [1.29, 1.82) is 0 Å². The third kappa shape index (κ3) is 6.28. The Morgan fingerprint density at radius 3 is 2.74 bits per heavy atom. The highest BCUT2D eigenvalue weighted by Crippen LogP contribution is 2.17. The van der Waals surface area contributed by atoms with Gasteiger partial charge in [-0.05, 0) is 13.0 Å². The van der Waals surface area contributed by atoms with Gasteiger partial charge in [0.2, 0.25) is 0 Å². The average molecular weight is 268 g/mol. The van der Waals surface area contributed by atoms with Crippen molar-refractivity contribution in [2.75, 3.05) is 40.0 Å². The molecular formula is C13H20N2O4. The maximum Gasteiger partial charge on any atom is 0.272 e. The number of hydrogen-bond acceptors (Lipinski definition) is 5. The molecule has 0 aromatic heterocycles. The van der Waals surface area contributed by atoms with Crippen LogP contribution in [0.1, 0.15) is 5.56 Å². The second-order valence-electron chi connectivity index (χ2n) is 3.99. The quantitative estimate of drug-likeness (QED) is 0.394. The van der Waals surface area contributed by atoms with Gasteiger partial charge in [0, 0.05) is 25.3 Å². The number of ether oxygens (including phenoxy) is 2. The van der Waals surface area contributed by atoms with E-state index < -0.39 is 0 Å². The molecule has 0 radical (unpaired) electrons. The summed E-state index contributed by atoms with van der Waals surface area (Å²) in [5.74, 6) is 0. The molecule has 106 valence electrons. The zero-order valence-corrected chi connectivity index (χ0v) is 11.1. The second kappa shape index (κ2) is 9.43. The zero-order chi connectivity index (χ0) is 13.9. The van der Waals surface area contributed by atoms with E-state index >= 15 is 0 Å². The molecule has 0 unspecified atom stereocenters. The molecule has 6 nitrogen and oxygen atoms in total. The first-order valence-electron chi connectivity index (χ1n) is 6.25. The van der Waals surface area contributed by atoms with Crippen LogP contribution in [0.15, 0.2) is 24.3 Å². The number of nitrogens with zero attached hydrogens (tertiary/aromatic N) is 1. The molecule has 0 aliphatic rings. The van der Waals surface area contributed by atoms with Gasteiger partial charge in [0.25, 0.3) is 5.69 Å². The number of para-hydroxylation sites is 1. The van der Waals surface area contributed by atoms with Crippen molar-refractivity contribution in [1.82, 2.24) is 5.32 Å². The molecule has 0 saturated heterocycles. The number of nitro benzene ring substituents is 1. The number of methoxy groups -OCH3 is 1. The van der Waals surface area contributed by atoms with Crippen LogP contribution in [0.25, 0.3) is 0 Å². The summed E-state index contributed by atoms with van der Waals surface area (Å²) in [7, 11) is 1.63. The van der Waals surface area contributed by atoms with Gasteiger partial charge in [0.05, 0.1) is 24.7 Å². The highest BCUT2D eigenvalue weighted by molar-refractivity contribution is 5.39. The van der Waals surface area contributed by atoms with Crippen LogP contribution in [0.5, 0.6) is 0 Å². The summed E-state index contributed by atoms with van der Waals surface area (Å²) in [6, 6.07) is 6.81. The summed E-state index contributed by atoms with van der Waals surface area (Å²) in [5, 5.41) is 14.0. The molecule has 0 saturated carbocycles. The summed E-state index contributed by atoms with van der Waals surface area (Å²) >= 11 is 0. The van der Waals surface area contributed by atoms with Crippen molar-refractivity contribution in [2.24, 2.45) is 0 Å². The van der Waals surface area contributed by atoms with Crippen LogP contribution in [0.4, 0.5) is 5.69 Å². The van der Waals surface area contributed by atoms with Gasteiger partial charge in [-0.25, -0.2) is 0 Å². The molecule has 0 spiro atoms. The lowest BCUT2D eigenvalue weighted by atomic mass is 10.1. The van der Waals surface area contributed by atoms with E-state index in [1.165, 1.54) is 6.07 Å². The predicted molar refractivity (Wildman–Crippen MR) is 72.4 cm³/mol. The van der Waals surface area contributed by atoms with Crippen molar-refractivity contribution in [3.63, 3.8) is 0 Å².